The average Bonchev–Trinajstić information content (AvgIpc) is 3.17. The molecule has 0 aliphatic carbocycles. The highest BCUT2D eigenvalue weighted by Crippen LogP contribution is 2.33. The van der Waals surface area contributed by atoms with Crippen LogP contribution in [0.4, 0.5) is 10.1 Å². The predicted molar refractivity (Wildman–Crippen MR) is 130 cm³/mol. The van der Waals surface area contributed by atoms with E-state index >= 15 is 0 Å². The number of amides is 1. The first-order valence-corrected chi connectivity index (χ1v) is 11.0. The van der Waals surface area contributed by atoms with E-state index in [9.17, 15) is 14.0 Å². The lowest BCUT2D eigenvalue weighted by Gasteiger charge is -2.19. The van der Waals surface area contributed by atoms with Gasteiger partial charge in [-0.2, -0.15) is 0 Å². The van der Waals surface area contributed by atoms with Crippen LogP contribution in [0.1, 0.15) is 48.0 Å². The Labute approximate surface area is 197 Å². The average molecular weight is 460 g/mol. The third kappa shape index (κ3) is 4.86. The van der Waals surface area contributed by atoms with Crippen LogP contribution in [0.2, 0.25) is 0 Å². The Morgan fingerprint density at radius 3 is 2.38 bits per heavy atom. The van der Waals surface area contributed by atoms with E-state index in [1.54, 1.807) is 31.2 Å². The first-order valence-electron chi connectivity index (χ1n) is 11.0. The van der Waals surface area contributed by atoms with Crippen LogP contribution >= 0.6 is 0 Å². The maximum atomic E-state index is 14.1. The van der Waals surface area contributed by atoms with E-state index in [4.69, 9.17) is 9.15 Å². The number of para-hydroxylation sites is 1. The lowest BCUT2D eigenvalue weighted by molar-refractivity contribution is -0.118. The minimum absolute atomic E-state index is 0.0154. The molecule has 4 rings (SSSR count). The fourth-order valence-electron chi connectivity index (χ4n) is 3.57. The highest BCUT2D eigenvalue weighted by atomic mass is 19.1. The molecular weight excluding hydrogens is 433 g/mol. The van der Waals surface area contributed by atoms with Gasteiger partial charge in [0, 0.05) is 10.9 Å². The van der Waals surface area contributed by atoms with Crippen molar-refractivity contribution in [2.45, 2.75) is 33.1 Å². The van der Waals surface area contributed by atoms with Gasteiger partial charge in [-0.3, -0.25) is 9.59 Å². The topological polar surface area (TPSA) is 68.5 Å². The zero-order valence-electron chi connectivity index (χ0n) is 19.6. The number of fused-ring (bicyclic) bond motifs is 1. The van der Waals surface area contributed by atoms with E-state index in [0.29, 0.717) is 22.3 Å². The van der Waals surface area contributed by atoms with Crippen LogP contribution in [0.25, 0.3) is 11.0 Å². The number of benzene rings is 3. The number of aryl methyl sites for hydroxylation is 1. The van der Waals surface area contributed by atoms with Gasteiger partial charge < -0.3 is 14.5 Å². The summed E-state index contributed by atoms with van der Waals surface area (Å²) in [5.41, 5.74) is 2.41. The Morgan fingerprint density at radius 2 is 1.71 bits per heavy atom. The number of hydrogen-bond donors (Lipinski definition) is 1. The van der Waals surface area contributed by atoms with Crippen molar-refractivity contribution in [2.24, 2.45) is 0 Å². The number of ketones is 1. The molecule has 1 amide bonds. The molecule has 1 aromatic heterocycles. The van der Waals surface area contributed by atoms with Crippen molar-refractivity contribution >= 4 is 28.3 Å². The normalized spacial score (nSPS) is 11.4. The van der Waals surface area contributed by atoms with Crippen LogP contribution in [0.3, 0.4) is 0 Å². The van der Waals surface area contributed by atoms with Crippen LogP contribution in [0.15, 0.2) is 71.1 Å². The van der Waals surface area contributed by atoms with E-state index in [-0.39, 0.29) is 29.0 Å². The Bertz CT molecular complexity index is 1360. The summed E-state index contributed by atoms with van der Waals surface area (Å²) in [7, 11) is 0. The van der Waals surface area contributed by atoms with Crippen LogP contribution in [0, 0.1) is 12.7 Å². The minimum atomic E-state index is -0.524. The number of ether oxygens (including phenoxy) is 1. The summed E-state index contributed by atoms with van der Waals surface area (Å²) in [6.45, 7) is 7.73. The number of furan rings is 1. The quantitative estimate of drug-likeness (QED) is 0.338. The number of nitrogens with one attached hydrogen (secondary N) is 1. The molecule has 0 bridgehead atoms. The van der Waals surface area contributed by atoms with E-state index < -0.39 is 17.5 Å². The third-order valence-electron chi connectivity index (χ3n) is 5.59. The van der Waals surface area contributed by atoms with Crippen molar-refractivity contribution in [1.82, 2.24) is 0 Å². The smallest absolute Gasteiger partial charge is 0.262 e. The maximum Gasteiger partial charge on any atom is 0.262 e. The van der Waals surface area contributed by atoms with Gasteiger partial charge in [-0.1, -0.05) is 57.2 Å². The summed E-state index contributed by atoms with van der Waals surface area (Å²) in [5.74, 6) is -0.961. The summed E-state index contributed by atoms with van der Waals surface area (Å²) in [6.07, 6.45) is 0. The summed E-state index contributed by atoms with van der Waals surface area (Å²) in [4.78, 5) is 25.8. The van der Waals surface area contributed by atoms with Gasteiger partial charge in [-0.25, -0.2) is 4.39 Å². The number of carbonyl (C=O) groups excluding carboxylic acids is 2. The monoisotopic (exact) mass is 459 g/mol. The number of anilines is 1. The number of hydrogen-bond acceptors (Lipinski definition) is 4. The van der Waals surface area contributed by atoms with E-state index in [1.165, 1.54) is 18.2 Å². The molecule has 174 valence electrons. The molecule has 0 fully saturated rings. The molecule has 0 saturated carbocycles. The molecule has 1 N–H and O–H groups in total. The van der Waals surface area contributed by atoms with Crippen LogP contribution in [0.5, 0.6) is 5.75 Å². The van der Waals surface area contributed by atoms with Gasteiger partial charge in [0.25, 0.3) is 5.91 Å². The SMILES string of the molecule is Cc1ccc(C(=O)c2oc3ccccc3c2NC(=O)COc2ccc(C(C)(C)C)cc2)cc1F. The van der Waals surface area contributed by atoms with Crippen molar-refractivity contribution in [3.8, 4) is 5.75 Å². The lowest BCUT2D eigenvalue weighted by Crippen LogP contribution is -2.21. The standard InChI is InChI=1S/C28H26FNO4/c1-17-9-10-18(15-22(17)29)26(32)27-25(21-7-5-6-8-23(21)34-27)30-24(31)16-33-20-13-11-19(12-14-20)28(2,3)4/h5-15H,16H2,1-4H3,(H,30,31). The van der Waals surface area contributed by atoms with Crippen molar-refractivity contribution in [2.75, 3.05) is 11.9 Å². The summed E-state index contributed by atoms with van der Waals surface area (Å²) < 4.78 is 25.5. The number of halogens is 1. The molecule has 0 unspecified atom stereocenters. The molecule has 3 aromatic carbocycles. The van der Waals surface area contributed by atoms with Gasteiger partial charge in [0.05, 0.1) is 5.69 Å². The predicted octanol–water partition coefficient (Wildman–Crippen LogP) is 6.43. The Balaban J connectivity index is 1.55. The van der Waals surface area contributed by atoms with Crippen LogP contribution in [-0.2, 0) is 10.2 Å². The molecule has 0 radical (unpaired) electrons. The second-order valence-corrected chi connectivity index (χ2v) is 9.21. The zero-order valence-corrected chi connectivity index (χ0v) is 19.6. The first-order chi connectivity index (χ1) is 16.1. The largest absolute Gasteiger partial charge is 0.484 e. The molecule has 6 heteroatoms. The van der Waals surface area contributed by atoms with Gasteiger partial charge in [-0.15, -0.1) is 0 Å². The molecule has 5 nitrogen and oxygen atoms in total. The van der Waals surface area contributed by atoms with Gasteiger partial charge in [0.2, 0.25) is 5.78 Å². The van der Waals surface area contributed by atoms with Gasteiger partial charge in [0.1, 0.15) is 17.1 Å². The van der Waals surface area contributed by atoms with Crippen molar-refractivity contribution < 1.29 is 23.1 Å². The number of rotatable bonds is 6. The lowest BCUT2D eigenvalue weighted by atomic mass is 9.87. The highest BCUT2D eigenvalue weighted by molar-refractivity contribution is 6.17. The Kier molecular flexibility index (Phi) is 6.24. The van der Waals surface area contributed by atoms with Gasteiger partial charge in [0.15, 0.2) is 12.4 Å². The van der Waals surface area contributed by atoms with Crippen LogP contribution < -0.4 is 10.1 Å². The van der Waals surface area contributed by atoms with Gasteiger partial charge >= 0.3 is 0 Å². The molecule has 0 aliphatic rings. The Hall–Kier alpha value is -3.93. The highest BCUT2D eigenvalue weighted by Gasteiger charge is 2.24. The molecule has 0 saturated heterocycles. The summed E-state index contributed by atoms with van der Waals surface area (Å²) in [5, 5.41) is 3.31. The molecule has 0 aliphatic heterocycles. The third-order valence-corrected chi connectivity index (χ3v) is 5.59. The van der Waals surface area contributed by atoms with E-state index in [0.717, 1.165) is 5.56 Å². The van der Waals surface area contributed by atoms with E-state index in [1.807, 2.05) is 24.3 Å². The first kappa shape index (κ1) is 23.2. The molecule has 34 heavy (non-hydrogen) atoms. The molecule has 1 heterocycles. The summed E-state index contributed by atoms with van der Waals surface area (Å²) >= 11 is 0. The fourth-order valence-corrected chi connectivity index (χ4v) is 3.57. The van der Waals surface area contributed by atoms with Crippen molar-refractivity contribution in [3.05, 3.63) is 95.0 Å². The number of carbonyl (C=O) groups is 2. The summed E-state index contributed by atoms with van der Waals surface area (Å²) in [6, 6.07) is 18.8. The second-order valence-electron chi connectivity index (χ2n) is 9.21. The molecule has 0 spiro atoms. The zero-order chi connectivity index (χ0) is 24.5. The molecular formula is C28H26FNO4. The Morgan fingerprint density at radius 1 is 1.00 bits per heavy atom. The van der Waals surface area contributed by atoms with Crippen molar-refractivity contribution in [1.29, 1.82) is 0 Å². The minimum Gasteiger partial charge on any atom is -0.484 e. The second kappa shape index (κ2) is 9.14. The van der Waals surface area contributed by atoms with Crippen molar-refractivity contribution in [3.63, 3.8) is 0 Å². The molecule has 0 atom stereocenters. The fraction of sp³-hybridized carbons (Fsp3) is 0.214. The molecule has 4 aromatic rings. The van der Waals surface area contributed by atoms with E-state index in [2.05, 4.69) is 26.1 Å². The van der Waals surface area contributed by atoms with Crippen LogP contribution in [-0.4, -0.2) is 18.3 Å². The van der Waals surface area contributed by atoms with Gasteiger partial charge in [-0.05, 0) is 53.8 Å². The maximum absolute atomic E-state index is 14.1.